The summed E-state index contributed by atoms with van der Waals surface area (Å²) < 4.78 is 12.0. The summed E-state index contributed by atoms with van der Waals surface area (Å²) in [5.41, 5.74) is 0.522. The highest BCUT2D eigenvalue weighted by Gasteiger charge is 2.17. The quantitative estimate of drug-likeness (QED) is 0.546. The number of aromatic nitrogens is 2. The lowest BCUT2D eigenvalue weighted by molar-refractivity contribution is 0.0523. The second-order valence-electron chi connectivity index (χ2n) is 4.85. The maximum atomic E-state index is 12.7. The molecule has 0 saturated carbocycles. The second kappa shape index (κ2) is 6.08. The van der Waals surface area contributed by atoms with Gasteiger partial charge in [0.2, 0.25) is 0 Å². The van der Waals surface area contributed by atoms with E-state index in [0.29, 0.717) is 23.5 Å². The fraction of sp³-hybridized carbons (Fsp3) is 0.235. The summed E-state index contributed by atoms with van der Waals surface area (Å²) in [6.45, 7) is 4.28. The van der Waals surface area contributed by atoms with E-state index in [-0.39, 0.29) is 12.2 Å². The van der Waals surface area contributed by atoms with Gasteiger partial charge in [0.25, 0.3) is 5.56 Å². The van der Waals surface area contributed by atoms with Gasteiger partial charge in [0.1, 0.15) is 17.0 Å². The number of hydrogen-bond acceptors (Lipinski definition) is 5. The number of nitrogens with zero attached hydrogens (tertiary/aromatic N) is 2. The topological polar surface area (TPSA) is 69.9 Å². The van der Waals surface area contributed by atoms with Crippen LogP contribution in [0.1, 0.15) is 24.2 Å². The minimum Gasteiger partial charge on any atom is -0.493 e. The average Bonchev–Trinajstić information content (AvgIpc) is 2.55. The van der Waals surface area contributed by atoms with Gasteiger partial charge in [-0.3, -0.25) is 9.20 Å². The summed E-state index contributed by atoms with van der Waals surface area (Å²) in [6.07, 6.45) is 1.25. The largest absolute Gasteiger partial charge is 0.493 e. The lowest BCUT2D eigenvalue weighted by Crippen LogP contribution is -2.24. The number of pyridine rings is 1. The molecule has 0 N–H and O–H groups in total. The fourth-order valence-electron chi connectivity index (χ4n) is 2.50. The van der Waals surface area contributed by atoms with Crippen molar-refractivity contribution >= 4 is 22.5 Å². The highest BCUT2D eigenvalue weighted by atomic mass is 16.5. The summed E-state index contributed by atoms with van der Waals surface area (Å²) in [4.78, 5) is 28.8. The molecule has 0 spiro atoms. The van der Waals surface area contributed by atoms with Gasteiger partial charge in [-0.2, -0.15) is 0 Å². The highest BCUT2D eigenvalue weighted by Crippen LogP contribution is 2.26. The standard InChI is InChI=1S/C17H16N2O4/c1-3-22-14-9-15-18-10-12(17(21)23-4-2)16(20)19(15)13-8-6-5-7-11(13)14/h5-10H,3-4H2,1-2H3. The molecular weight excluding hydrogens is 296 g/mol. The summed E-state index contributed by atoms with van der Waals surface area (Å²) in [5.74, 6) is -0.0174. The van der Waals surface area contributed by atoms with Crippen molar-refractivity contribution in [3.63, 3.8) is 0 Å². The van der Waals surface area contributed by atoms with Crippen molar-refractivity contribution in [1.82, 2.24) is 9.38 Å². The molecule has 6 heteroatoms. The molecular formula is C17H16N2O4. The third-order valence-electron chi connectivity index (χ3n) is 3.45. The van der Waals surface area contributed by atoms with E-state index in [1.54, 1.807) is 19.1 Å². The zero-order chi connectivity index (χ0) is 16.4. The molecule has 0 bridgehead atoms. The molecule has 0 amide bonds. The Kier molecular flexibility index (Phi) is 3.97. The molecule has 3 aromatic rings. The van der Waals surface area contributed by atoms with Crippen molar-refractivity contribution in [2.24, 2.45) is 0 Å². The molecule has 23 heavy (non-hydrogen) atoms. The van der Waals surface area contributed by atoms with Gasteiger partial charge in [0.15, 0.2) is 0 Å². The van der Waals surface area contributed by atoms with Crippen molar-refractivity contribution in [1.29, 1.82) is 0 Å². The second-order valence-corrected chi connectivity index (χ2v) is 4.85. The highest BCUT2D eigenvalue weighted by molar-refractivity contribution is 5.91. The van der Waals surface area contributed by atoms with E-state index in [4.69, 9.17) is 9.47 Å². The molecule has 0 aliphatic rings. The Bertz CT molecular complexity index is 946. The van der Waals surface area contributed by atoms with Crippen LogP contribution in [0.15, 0.2) is 41.3 Å². The van der Waals surface area contributed by atoms with Crippen LogP contribution in [-0.4, -0.2) is 28.6 Å². The van der Waals surface area contributed by atoms with Gasteiger partial charge in [-0.15, -0.1) is 0 Å². The van der Waals surface area contributed by atoms with Crippen LogP contribution < -0.4 is 10.3 Å². The number of fused-ring (bicyclic) bond motifs is 3. The Balaban J connectivity index is 2.37. The van der Waals surface area contributed by atoms with Crippen LogP contribution in [0, 0.1) is 0 Å². The molecule has 118 valence electrons. The maximum absolute atomic E-state index is 12.7. The molecule has 0 atom stereocenters. The predicted molar refractivity (Wildman–Crippen MR) is 86.1 cm³/mol. The Labute approximate surface area is 132 Å². The van der Waals surface area contributed by atoms with Crippen molar-refractivity contribution in [2.75, 3.05) is 13.2 Å². The summed E-state index contributed by atoms with van der Waals surface area (Å²) >= 11 is 0. The molecule has 2 heterocycles. The molecule has 0 aliphatic heterocycles. The third-order valence-corrected chi connectivity index (χ3v) is 3.45. The van der Waals surface area contributed by atoms with E-state index < -0.39 is 11.5 Å². The zero-order valence-corrected chi connectivity index (χ0v) is 12.9. The van der Waals surface area contributed by atoms with Gasteiger partial charge in [0.05, 0.1) is 18.7 Å². The van der Waals surface area contributed by atoms with Crippen molar-refractivity contribution in [2.45, 2.75) is 13.8 Å². The molecule has 0 saturated heterocycles. The number of carbonyl (C=O) groups excluding carboxylic acids is 1. The Morgan fingerprint density at radius 3 is 2.74 bits per heavy atom. The number of esters is 1. The van der Waals surface area contributed by atoms with E-state index in [0.717, 1.165) is 5.39 Å². The van der Waals surface area contributed by atoms with Gasteiger partial charge in [-0.05, 0) is 26.0 Å². The Morgan fingerprint density at radius 2 is 2.00 bits per heavy atom. The molecule has 3 rings (SSSR count). The SMILES string of the molecule is CCOC(=O)c1cnc2cc(OCC)c3ccccc3n2c1=O. The van der Waals surface area contributed by atoms with Crippen molar-refractivity contribution < 1.29 is 14.3 Å². The molecule has 6 nitrogen and oxygen atoms in total. The van der Waals surface area contributed by atoms with Gasteiger partial charge in [-0.1, -0.05) is 12.1 Å². The van der Waals surface area contributed by atoms with Crippen LogP contribution >= 0.6 is 0 Å². The molecule has 0 radical (unpaired) electrons. The van der Waals surface area contributed by atoms with Gasteiger partial charge in [0, 0.05) is 17.6 Å². The molecule has 0 fully saturated rings. The van der Waals surface area contributed by atoms with E-state index in [2.05, 4.69) is 4.98 Å². The normalized spacial score (nSPS) is 10.9. The first kappa shape index (κ1) is 15.0. The van der Waals surface area contributed by atoms with Crippen LogP contribution in [0.4, 0.5) is 0 Å². The molecule has 1 aromatic carbocycles. The molecule has 0 unspecified atom stereocenters. The van der Waals surface area contributed by atoms with Crippen LogP contribution in [0.25, 0.3) is 16.6 Å². The van der Waals surface area contributed by atoms with Crippen molar-refractivity contribution in [3.05, 3.63) is 52.4 Å². The van der Waals surface area contributed by atoms with Gasteiger partial charge < -0.3 is 9.47 Å². The first-order valence-corrected chi connectivity index (χ1v) is 7.40. The predicted octanol–water partition coefficient (Wildman–Crippen LogP) is 2.42. The monoisotopic (exact) mass is 312 g/mol. The fourth-order valence-corrected chi connectivity index (χ4v) is 2.50. The summed E-state index contributed by atoms with van der Waals surface area (Å²) in [5, 5.41) is 0.784. The first-order chi connectivity index (χ1) is 11.2. The lowest BCUT2D eigenvalue weighted by atomic mass is 10.2. The van der Waals surface area contributed by atoms with E-state index in [1.165, 1.54) is 10.6 Å². The van der Waals surface area contributed by atoms with E-state index in [9.17, 15) is 9.59 Å². The Morgan fingerprint density at radius 1 is 1.22 bits per heavy atom. The number of benzene rings is 1. The Hall–Kier alpha value is -2.89. The number of ether oxygens (including phenoxy) is 2. The minimum absolute atomic E-state index is 0.0846. The average molecular weight is 312 g/mol. The smallest absolute Gasteiger partial charge is 0.345 e. The van der Waals surface area contributed by atoms with Crippen LogP contribution in [-0.2, 0) is 4.74 Å². The number of carbonyl (C=O) groups is 1. The number of rotatable bonds is 4. The number of hydrogen-bond donors (Lipinski definition) is 0. The lowest BCUT2D eigenvalue weighted by Gasteiger charge is -2.12. The van der Waals surface area contributed by atoms with Crippen LogP contribution in [0.5, 0.6) is 5.75 Å². The number of para-hydroxylation sites is 1. The van der Waals surface area contributed by atoms with Gasteiger partial charge in [-0.25, -0.2) is 9.78 Å². The first-order valence-electron chi connectivity index (χ1n) is 7.40. The zero-order valence-electron chi connectivity index (χ0n) is 12.9. The van der Waals surface area contributed by atoms with Gasteiger partial charge >= 0.3 is 5.97 Å². The maximum Gasteiger partial charge on any atom is 0.345 e. The minimum atomic E-state index is -0.669. The van der Waals surface area contributed by atoms with Crippen molar-refractivity contribution in [3.8, 4) is 5.75 Å². The third kappa shape index (κ3) is 2.52. The molecule has 2 aromatic heterocycles. The molecule has 0 aliphatic carbocycles. The summed E-state index contributed by atoms with van der Waals surface area (Å²) in [6, 6.07) is 9.04. The van der Waals surface area contributed by atoms with Crippen LogP contribution in [0.2, 0.25) is 0 Å². The van der Waals surface area contributed by atoms with Crippen LogP contribution in [0.3, 0.4) is 0 Å². The summed E-state index contributed by atoms with van der Waals surface area (Å²) in [7, 11) is 0. The van der Waals surface area contributed by atoms with E-state index >= 15 is 0 Å². The van der Waals surface area contributed by atoms with E-state index in [1.807, 2.05) is 25.1 Å².